The summed E-state index contributed by atoms with van der Waals surface area (Å²) >= 11 is 0. The molecular weight excluding hydrogens is 323 g/mol. The molecule has 0 spiro atoms. The van der Waals surface area contributed by atoms with Gasteiger partial charge >= 0.3 is 6.18 Å². The normalized spacial score (nSPS) is 22.5. The summed E-state index contributed by atoms with van der Waals surface area (Å²) in [5.41, 5.74) is 7.07. The molecule has 0 amide bonds. The summed E-state index contributed by atoms with van der Waals surface area (Å²) < 4.78 is 44.2. The van der Waals surface area contributed by atoms with Crippen LogP contribution in [0.3, 0.4) is 0 Å². The van der Waals surface area contributed by atoms with Gasteiger partial charge in [-0.2, -0.15) is 13.2 Å². The number of phenolic OH excluding ortho intramolecular Hbond substituents is 1. The fourth-order valence-corrected chi connectivity index (χ4v) is 3.46. The third kappa shape index (κ3) is 2.29. The van der Waals surface area contributed by atoms with Crippen molar-refractivity contribution in [2.45, 2.75) is 37.6 Å². The molecule has 3 N–H and O–H groups in total. The monoisotopic (exact) mass is 337 g/mol. The van der Waals surface area contributed by atoms with E-state index >= 15 is 0 Å². The number of nitrogens with two attached hydrogens (primary N) is 1. The predicted octanol–water partition coefficient (Wildman–Crippen LogP) is 3.23. The van der Waals surface area contributed by atoms with Gasteiger partial charge in [-0.1, -0.05) is 0 Å². The Balaban J connectivity index is 1.87. The molecule has 8 heteroatoms. The van der Waals surface area contributed by atoms with E-state index in [1.165, 1.54) is 6.07 Å². The van der Waals surface area contributed by atoms with Gasteiger partial charge < -0.3 is 15.6 Å². The van der Waals surface area contributed by atoms with Gasteiger partial charge in [0.15, 0.2) is 0 Å². The lowest BCUT2D eigenvalue weighted by Gasteiger charge is -2.26. The Morgan fingerprint density at radius 1 is 1.21 bits per heavy atom. The van der Waals surface area contributed by atoms with Crippen LogP contribution >= 0.6 is 0 Å². The second-order valence-corrected chi connectivity index (χ2v) is 6.08. The quantitative estimate of drug-likeness (QED) is 0.835. The van der Waals surface area contributed by atoms with Crippen molar-refractivity contribution >= 4 is 5.82 Å². The average Bonchev–Trinajstić information content (AvgIpc) is 2.90. The van der Waals surface area contributed by atoms with Crippen LogP contribution in [0.2, 0.25) is 0 Å². The standard InChI is InChI=1S/C16H14F3N3O2/c17-16(18,19)7-1-3-9(11(23)5-7)14-13-10(15(20)22-21-14)6-8-2-4-12(13)24-8/h1,3,5,8,12,23H,2,4,6H2,(H2,20,22). The van der Waals surface area contributed by atoms with Crippen molar-refractivity contribution in [3.8, 4) is 17.0 Å². The highest BCUT2D eigenvalue weighted by Crippen LogP contribution is 2.47. The lowest BCUT2D eigenvalue weighted by Crippen LogP contribution is -2.21. The van der Waals surface area contributed by atoms with E-state index < -0.39 is 17.5 Å². The Kier molecular flexibility index (Phi) is 3.21. The molecule has 2 aromatic rings. The van der Waals surface area contributed by atoms with E-state index in [0.29, 0.717) is 24.0 Å². The van der Waals surface area contributed by atoms with Crippen molar-refractivity contribution < 1.29 is 23.0 Å². The second kappa shape index (κ2) is 5.07. The van der Waals surface area contributed by atoms with Gasteiger partial charge in [0.1, 0.15) is 17.3 Å². The summed E-state index contributed by atoms with van der Waals surface area (Å²) in [7, 11) is 0. The summed E-state index contributed by atoms with van der Waals surface area (Å²) in [6.45, 7) is 0. The number of hydrogen-bond donors (Lipinski definition) is 2. The van der Waals surface area contributed by atoms with Gasteiger partial charge in [0, 0.05) is 23.1 Å². The Labute approximate surface area is 135 Å². The van der Waals surface area contributed by atoms with Crippen LogP contribution in [0.25, 0.3) is 11.3 Å². The number of aromatic nitrogens is 2. The lowest BCUT2D eigenvalue weighted by molar-refractivity contribution is -0.137. The fourth-order valence-electron chi connectivity index (χ4n) is 3.46. The molecule has 2 aliphatic rings. The summed E-state index contributed by atoms with van der Waals surface area (Å²) in [6.07, 6.45) is -2.38. The molecule has 5 nitrogen and oxygen atoms in total. The number of aromatic hydroxyl groups is 1. The van der Waals surface area contributed by atoms with E-state index in [1.54, 1.807) is 0 Å². The molecule has 24 heavy (non-hydrogen) atoms. The molecular formula is C16H14F3N3O2. The number of phenols is 1. The van der Waals surface area contributed by atoms with Crippen molar-refractivity contribution in [1.82, 2.24) is 10.2 Å². The molecule has 2 atom stereocenters. The van der Waals surface area contributed by atoms with Crippen LogP contribution in [0.15, 0.2) is 18.2 Å². The van der Waals surface area contributed by atoms with Gasteiger partial charge in [-0.25, -0.2) is 0 Å². The Hall–Kier alpha value is -2.35. The van der Waals surface area contributed by atoms with Crippen LogP contribution in [0, 0.1) is 0 Å². The number of halogens is 3. The largest absolute Gasteiger partial charge is 0.507 e. The minimum Gasteiger partial charge on any atom is -0.507 e. The first-order valence-electron chi connectivity index (χ1n) is 7.55. The van der Waals surface area contributed by atoms with Gasteiger partial charge in [0.05, 0.1) is 17.8 Å². The summed E-state index contributed by atoms with van der Waals surface area (Å²) in [5.74, 6) is -0.188. The number of fused-ring (bicyclic) bond motifs is 4. The van der Waals surface area contributed by atoms with E-state index in [0.717, 1.165) is 30.0 Å². The Bertz CT molecular complexity index is 823. The topological polar surface area (TPSA) is 81.3 Å². The van der Waals surface area contributed by atoms with Gasteiger partial charge in [-0.3, -0.25) is 0 Å². The fraction of sp³-hybridized carbons (Fsp3) is 0.375. The molecule has 0 aliphatic carbocycles. The second-order valence-electron chi connectivity index (χ2n) is 6.08. The average molecular weight is 337 g/mol. The SMILES string of the molecule is Nc1nnc(-c2ccc(C(F)(F)F)cc2O)c2c1CC1CCC2O1. The number of benzene rings is 1. The zero-order valence-electron chi connectivity index (χ0n) is 12.5. The first kappa shape index (κ1) is 15.2. The Morgan fingerprint density at radius 2 is 2.00 bits per heavy atom. The van der Waals surface area contributed by atoms with E-state index in [1.807, 2.05) is 0 Å². The van der Waals surface area contributed by atoms with Gasteiger partial charge in [-0.05, 0) is 31.0 Å². The molecule has 1 saturated heterocycles. The number of nitrogens with zero attached hydrogens (tertiary/aromatic N) is 2. The smallest absolute Gasteiger partial charge is 0.416 e. The minimum absolute atomic E-state index is 0.0862. The first-order valence-corrected chi connectivity index (χ1v) is 7.55. The third-order valence-electron chi connectivity index (χ3n) is 4.59. The van der Waals surface area contributed by atoms with E-state index in [4.69, 9.17) is 10.5 Å². The van der Waals surface area contributed by atoms with Crippen molar-refractivity contribution in [2.75, 3.05) is 5.73 Å². The molecule has 1 aromatic carbocycles. The zero-order valence-corrected chi connectivity index (χ0v) is 12.5. The molecule has 0 radical (unpaired) electrons. The van der Waals surface area contributed by atoms with E-state index in [9.17, 15) is 18.3 Å². The van der Waals surface area contributed by atoms with E-state index in [2.05, 4.69) is 10.2 Å². The van der Waals surface area contributed by atoms with Crippen LogP contribution in [0.5, 0.6) is 5.75 Å². The maximum atomic E-state index is 12.8. The van der Waals surface area contributed by atoms with Crippen LogP contribution < -0.4 is 5.73 Å². The minimum atomic E-state index is -4.52. The molecule has 2 bridgehead atoms. The predicted molar refractivity (Wildman–Crippen MR) is 79.1 cm³/mol. The van der Waals surface area contributed by atoms with Crippen LogP contribution in [0.4, 0.5) is 19.0 Å². The number of anilines is 1. The molecule has 1 aromatic heterocycles. The van der Waals surface area contributed by atoms with Crippen LogP contribution in [0.1, 0.15) is 35.6 Å². The van der Waals surface area contributed by atoms with Gasteiger partial charge in [-0.15, -0.1) is 10.2 Å². The third-order valence-corrected chi connectivity index (χ3v) is 4.59. The number of ether oxygens (including phenoxy) is 1. The molecule has 4 rings (SSSR count). The number of hydrogen-bond acceptors (Lipinski definition) is 5. The van der Waals surface area contributed by atoms with Crippen molar-refractivity contribution in [3.63, 3.8) is 0 Å². The Morgan fingerprint density at radius 3 is 2.71 bits per heavy atom. The van der Waals surface area contributed by atoms with E-state index in [-0.39, 0.29) is 17.8 Å². The molecule has 0 saturated carbocycles. The van der Waals surface area contributed by atoms with Crippen molar-refractivity contribution in [1.29, 1.82) is 0 Å². The molecule has 126 valence electrons. The van der Waals surface area contributed by atoms with Gasteiger partial charge in [0.25, 0.3) is 0 Å². The summed E-state index contributed by atoms with van der Waals surface area (Å²) in [6, 6.07) is 2.82. The number of alkyl halides is 3. The van der Waals surface area contributed by atoms with Crippen molar-refractivity contribution in [2.24, 2.45) is 0 Å². The zero-order chi connectivity index (χ0) is 17.1. The molecule has 1 fully saturated rings. The summed E-state index contributed by atoms with van der Waals surface area (Å²) in [4.78, 5) is 0. The number of rotatable bonds is 1. The summed E-state index contributed by atoms with van der Waals surface area (Å²) in [5, 5.41) is 18.1. The highest BCUT2D eigenvalue weighted by atomic mass is 19.4. The molecule has 2 unspecified atom stereocenters. The maximum Gasteiger partial charge on any atom is 0.416 e. The number of nitrogen functional groups attached to an aromatic ring is 1. The van der Waals surface area contributed by atoms with Crippen LogP contribution in [-0.4, -0.2) is 21.4 Å². The first-order chi connectivity index (χ1) is 11.3. The van der Waals surface area contributed by atoms with Gasteiger partial charge in [0.2, 0.25) is 0 Å². The molecule has 3 heterocycles. The van der Waals surface area contributed by atoms with Crippen LogP contribution in [-0.2, 0) is 17.3 Å². The molecule has 2 aliphatic heterocycles. The highest BCUT2D eigenvalue weighted by molar-refractivity contribution is 5.73. The van der Waals surface area contributed by atoms with Crippen molar-refractivity contribution in [3.05, 3.63) is 34.9 Å². The maximum absolute atomic E-state index is 12.8. The lowest BCUT2D eigenvalue weighted by atomic mass is 9.93. The highest BCUT2D eigenvalue weighted by Gasteiger charge is 2.38.